The molecule has 1 aromatic carbocycles. The molecule has 2 atom stereocenters. The summed E-state index contributed by atoms with van der Waals surface area (Å²) >= 11 is 0. The highest BCUT2D eigenvalue weighted by atomic mass is 127. The van der Waals surface area contributed by atoms with Crippen molar-refractivity contribution in [1.82, 2.24) is 15.5 Å². The summed E-state index contributed by atoms with van der Waals surface area (Å²) in [4.78, 5) is 9.25. The summed E-state index contributed by atoms with van der Waals surface area (Å²) in [6.07, 6.45) is 3.35. The minimum atomic E-state index is -0.542. The topological polar surface area (TPSA) is 42.9 Å². The molecule has 1 aromatic rings. The van der Waals surface area contributed by atoms with E-state index in [1.165, 1.54) is 31.5 Å². The fourth-order valence-corrected chi connectivity index (χ4v) is 4.06. The van der Waals surface area contributed by atoms with Crippen LogP contribution in [0.5, 0.6) is 0 Å². The van der Waals surface area contributed by atoms with Crippen LogP contribution < -0.4 is 15.5 Å². The van der Waals surface area contributed by atoms with E-state index in [9.17, 15) is 8.78 Å². The molecule has 2 fully saturated rings. The molecule has 0 saturated carbocycles. The summed E-state index contributed by atoms with van der Waals surface area (Å²) in [5.74, 6) is -0.219. The van der Waals surface area contributed by atoms with E-state index in [0.29, 0.717) is 18.3 Å². The zero-order valence-electron chi connectivity index (χ0n) is 16.8. The molecule has 0 radical (unpaired) electrons. The highest BCUT2D eigenvalue weighted by Gasteiger charge is 2.26. The number of likely N-dealkylation sites (tertiary alicyclic amines) is 1. The Morgan fingerprint density at radius 2 is 2.04 bits per heavy atom. The molecule has 2 N–H and O–H groups in total. The number of guanidine groups is 1. The Labute approximate surface area is 184 Å². The maximum Gasteiger partial charge on any atom is 0.191 e. The maximum absolute atomic E-state index is 14.0. The van der Waals surface area contributed by atoms with E-state index in [1.807, 2.05) is 4.90 Å². The minimum Gasteiger partial charge on any atom is -0.367 e. The van der Waals surface area contributed by atoms with Gasteiger partial charge in [-0.1, -0.05) is 6.92 Å². The van der Waals surface area contributed by atoms with E-state index < -0.39 is 11.6 Å². The number of nitrogens with zero attached hydrogens (tertiary/aromatic N) is 3. The first-order chi connectivity index (χ1) is 13.1. The molecule has 2 unspecified atom stereocenters. The van der Waals surface area contributed by atoms with Crippen LogP contribution in [0.2, 0.25) is 0 Å². The number of aliphatic imine (C=N–C) groups is 1. The van der Waals surface area contributed by atoms with Gasteiger partial charge in [-0.25, -0.2) is 8.78 Å². The number of likely N-dealkylation sites (N-methyl/N-ethyl adjacent to an activating group) is 1. The van der Waals surface area contributed by atoms with Gasteiger partial charge in [-0.2, -0.15) is 0 Å². The lowest BCUT2D eigenvalue weighted by Gasteiger charge is -2.23. The SMILES string of the molecule is CCNC(=NCC1CCCN1CC)NC1CCN(c2ccc(F)cc2F)C1.I. The lowest BCUT2D eigenvalue weighted by molar-refractivity contribution is 0.273. The molecule has 158 valence electrons. The molecule has 2 aliphatic heterocycles. The second-order valence-electron chi connectivity index (χ2n) is 7.32. The minimum absolute atomic E-state index is 0. The third-order valence-corrected chi connectivity index (χ3v) is 5.49. The predicted molar refractivity (Wildman–Crippen MR) is 122 cm³/mol. The van der Waals surface area contributed by atoms with Crippen LogP contribution in [0.15, 0.2) is 23.2 Å². The third-order valence-electron chi connectivity index (χ3n) is 5.49. The number of benzene rings is 1. The molecule has 0 aromatic heterocycles. The average molecular weight is 507 g/mol. The summed E-state index contributed by atoms with van der Waals surface area (Å²) in [6.45, 7) is 9.52. The second-order valence-corrected chi connectivity index (χ2v) is 7.32. The Bertz CT molecular complexity index is 657. The van der Waals surface area contributed by atoms with Crippen LogP contribution in [-0.2, 0) is 0 Å². The molecule has 8 heteroatoms. The molecule has 0 aliphatic carbocycles. The first-order valence-corrected chi connectivity index (χ1v) is 10.1. The Balaban J connectivity index is 0.00000280. The van der Waals surface area contributed by atoms with E-state index in [4.69, 9.17) is 4.99 Å². The Hall–Kier alpha value is -1.16. The largest absolute Gasteiger partial charge is 0.367 e. The van der Waals surface area contributed by atoms with Gasteiger partial charge >= 0.3 is 0 Å². The predicted octanol–water partition coefficient (Wildman–Crippen LogP) is 3.20. The van der Waals surface area contributed by atoms with Crippen molar-refractivity contribution in [3.05, 3.63) is 29.8 Å². The van der Waals surface area contributed by atoms with Crippen molar-refractivity contribution < 1.29 is 8.78 Å². The number of anilines is 1. The van der Waals surface area contributed by atoms with Crippen LogP contribution in [0.25, 0.3) is 0 Å². The van der Waals surface area contributed by atoms with E-state index >= 15 is 0 Å². The number of nitrogens with one attached hydrogen (secondary N) is 2. The molecule has 0 bridgehead atoms. The average Bonchev–Trinajstić information content (AvgIpc) is 3.29. The first kappa shape index (κ1) is 23.1. The second kappa shape index (κ2) is 11.1. The van der Waals surface area contributed by atoms with Crippen molar-refractivity contribution >= 4 is 35.6 Å². The molecule has 2 aliphatic rings. The molecule has 2 saturated heterocycles. The van der Waals surface area contributed by atoms with E-state index in [0.717, 1.165) is 44.6 Å². The molecular formula is C20H32F2IN5. The lowest BCUT2D eigenvalue weighted by atomic mass is 10.2. The van der Waals surface area contributed by atoms with Crippen molar-refractivity contribution in [2.45, 2.75) is 45.2 Å². The summed E-state index contributed by atoms with van der Waals surface area (Å²) in [5.41, 5.74) is 0.465. The van der Waals surface area contributed by atoms with Gasteiger partial charge in [-0.05, 0) is 51.4 Å². The monoisotopic (exact) mass is 507 g/mol. The van der Waals surface area contributed by atoms with Crippen molar-refractivity contribution in [2.75, 3.05) is 44.2 Å². The highest BCUT2D eigenvalue weighted by molar-refractivity contribution is 14.0. The Kier molecular flexibility index (Phi) is 9.20. The molecule has 28 heavy (non-hydrogen) atoms. The van der Waals surface area contributed by atoms with Gasteiger partial charge in [-0.15, -0.1) is 24.0 Å². The molecular weight excluding hydrogens is 475 g/mol. The molecule has 5 nitrogen and oxygen atoms in total. The van der Waals surface area contributed by atoms with Crippen molar-refractivity contribution in [3.8, 4) is 0 Å². The van der Waals surface area contributed by atoms with Crippen LogP contribution in [0, 0.1) is 11.6 Å². The van der Waals surface area contributed by atoms with Gasteiger partial charge in [-0.3, -0.25) is 9.89 Å². The zero-order valence-corrected chi connectivity index (χ0v) is 19.1. The fourth-order valence-electron chi connectivity index (χ4n) is 4.06. The highest BCUT2D eigenvalue weighted by Crippen LogP contribution is 2.24. The number of rotatable bonds is 6. The van der Waals surface area contributed by atoms with Gasteiger partial charge in [0.15, 0.2) is 5.96 Å². The fraction of sp³-hybridized carbons (Fsp3) is 0.650. The van der Waals surface area contributed by atoms with Gasteiger partial charge in [0.05, 0.1) is 12.2 Å². The first-order valence-electron chi connectivity index (χ1n) is 10.1. The number of hydrogen-bond donors (Lipinski definition) is 2. The van der Waals surface area contributed by atoms with Crippen LogP contribution in [0.3, 0.4) is 0 Å². The zero-order chi connectivity index (χ0) is 19.2. The molecule has 3 rings (SSSR count). The third kappa shape index (κ3) is 5.92. The van der Waals surface area contributed by atoms with Crippen molar-refractivity contribution in [3.63, 3.8) is 0 Å². The van der Waals surface area contributed by atoms with Gasteiger partial charge < -0.3 is 15.5 Å². The van der Waals surface area contributed by atoms with Gasteiger partial charge in [0.25, 0.3) is 0 Å². The van der Waals surface area contributed by atoms with Crippen LogP contribution in [0.1, 0.15) is 33.1 Å². The van der Waals surface area contributed by atoms with Crippen molar-refractivity contribution in [2.24, 2.45) is 4.99 Å². The van der Waals surface area contributed by atoms with Crippen LogP contribution in [0.4, 0.5) is 14.5 Å². The van der Waals surface area contributed by atoms with E-state index in [-0.39, 0.29) is 30.0 Å². The Morgan fingerprint density at radius 3 is 2.75 bits per heavy atom. The molecule has 2 heterocycles. The smallest absolute Gasteiger partial charge is 0.191 e. The van der Waals surface area contributed by atoms with E-state index in [1.54, 1.807) is 0 Å². The summed E-state index contributed by atoms with van der Waals surface area (Å²) in [7, 11) is 0. The molecule has 0 spiro atoms. The maximum atomic E-state index is 14.0. The normalized spacial score (nSPS) is 23.0. The lowest BCUT2D eigenvalue weighted by Crippen LogP contribution is -2.45. The molecule has 0 amide bonds. The summed E-state index contributed by atoms with van der Waals surface area (Å²) in [5, 5.41) is 6.80. The summed E-state index contributed by atoms with van der Waals surface area (Å²) < 4.78 is 27.2. The van der Waals surface area contributed by atoms with Gasteiger partial charge in [0.2, 0.25) is 0 Å². The number of hydrogen-bond acceptors (Lipinski definition) is 3. The Morgan fingerprint density at radius 1 is 1.21 bits per heavy atom. The standard InChI is InChI=1S/C20H31F2N5.HI/c1-3-23-20(24-13-17-6-5-10-26(17)4-2)25-16-9-11-27(14-16)19-8-7-15(21)12-18(19)22;/h7-8,12,16-17H,3-6,9-11,13-14H2,1-2H3,(H2,23,24,25);1H. The van der Waals surface area contributed by atoms with Crippen LogP contribution in [-0.4, -0.2) is 62.2 Å². The van der Waals surface area contributed by atoms with Gasteiger partial charge in [0, 0.05) is 37.8 Å². The van der Waals surface area contributed by atoms with Gasteiger partial charge in [0.1, 0.15) is 11.6 Å². The quantitative estimate of drug-likeness (QED) is 0.353. The summed E-state index contributed by atoms with van der Waals surface area (Å²) in [6, 6.07) is 4.50. The van der Waals surface area contributed by atoms with Crippen molar-refractivity contribution in [1.29, 1.82) is 0 Å². The van der Waals surface area contributed by atoms with Crippen LogP contribution >= 0.6 is 24.0 Å². The number of halogens is 3. The van der Waals surface area contributed by atoms with E-state index in [2.05, 4.69) is 29.4 Å².